The van der Waals surface area contributed by atoms with Gasteiger partial charge in [0.1, 0.15) is 11.5 Å². The molecule has 4 aromatic carbocycles. The van der Waals surface area contributed by atoms with Gasteiger partial charge < -0.3 is 14.8 Å². The number of halogens is 6. The molecule has 1 N–H and O–H groups in total. The lowest BCUT2D eigenvalue weighted by atomic mass is 9.98. The molecule has 1 unspecified atom stereocenters. The molecule has 0 bridgehead atoms. The van der Waals surface area contributed by atoms with Crippen LogP contribution in [0, 0.1) is 0 Å². The molecule has 1 amide bonds. The fraction of sp³-hybridized carbons (Fsp3) is 0.161. The van der Waals surface area contributed by atoms with Crippen molar-refractivity contribution < 1.29 is 45.4 Å². The predicted octanol–water partition coefficient (Wildman–Crippen LogP) is 8.22. The van der Waals surface area contributed by atoms with Crippen LogP contribution in [0.5, 0.6) is 11.5 Å². The molecular weight excluding hydrogens is 564 g/mol. The summed E-state index contributed by atoms with van der Waals surface area (Å²) in [5.41, 5.74) is 0.416. The molecular formula is C31H23F6NO4. The van der Waals surface area contributed by atoms with E-state index in [-0.39, 0.29) is 23.5 Å². The van der Waals surface area contributed by atoms with Gasteiger partial charge in [-0.15, -0.1) is 0 Å². The maximum absolute atomic E-state index is 13.0. The number of nitrogens with one attached hydrogen (secondary N) is 1. The standard InChI is InChI=1S/C31H23F6NO4/c1-41-28(39)18-27(21-4-2-19(3-5-21)20-6-10-23(11-7-20)30(32,33)34)38-29(40)22-8-14-25(15-9-22)42-26-16-12-24(13-17-26)31(35,36)37/h2-17,27H,18H2,1H3,(H,38,40). The smallest absolute Gasteiger partial charge is 0.416 e. The van der Waals surface area contributed by atoms with Gasteiger partial charge in [-0.3, -0.25) is 9.59 Å². The summed E-state index contributed by atoms with van der Waals surface area (Å²) in [6, 6.07) is 20.6. The highest BCUT2D eigenvalue weighted by Crippen LogP contribution is 2.33. The lowest BCUT2D eigenvalue weighted by molar-refractivity contribution is -0.141. The van der Waals surface area contributed by atoms with E-state index in [1.54, 1.807) is 24.3 Å². The Morgan fingerprint density at radius 2 is 1.10 bits per heavy atom. The van der Waals surface area contributed by atoms with Crippen molar-refractivity contribution in [3.05, 3.63) is 119 Å². The number of carbonyl (C=O) groups excluding carboxylic acids is 2. The highest BCUT2D eigenvalue weighted by Gasteiger charge is 2.31. The van der Waals surface area contributed by atoms with Crippen molar-refractivity contribution >= 4 is 11.9 Å². The molecule has 0 aliphatic rings. The molecule has 0 saturated heterocycles. The number of hydrogen-bond acceptors (Lipinski definition) is 4. The number of alkyl halides is 6. The van der Waals surface area contributed by atoms with Crippen molar-refractivity contribution in [3.8, 4) is 22.6 Å². The van der Waals surface area contributed by atoms with Gasteiger partial charge in [0.15, 0.2) is 0 Å². The van der Waals surface area contributed by atoms with Crippen LogP contribution in [0.25, 0.3) is 11.1 Å². The fourth-order valence-corrected chi connectivity index (χ4v) is 4.03. The Labute approximate surface area is 236 Å². The molecule has 5 nitrogen and oxygen atoms in total. The van der Waals surface area contributed by atoms with Gasteiger partial charge in [-0.1, -0.05) is 36.4 Å². The Bertz CT molecular complexity index is 1510. The van der Waals surface area contributed by atoms with Crippen molar-refractivity contribution in [3.63, 3.8) is 0 Å². The summed E-state index contributed by atoms with van der Waals surface area (Å²) in [6.45, 7) is 0. The van der Waals surface area contributed by atoms with Gasteiger partial charge in [0.05, 0.1) is 30.7 Å². The molecule has 11 heteroatoms. The Hall–Kier alpha value is -4.80. The van der Waals surface area contributed by atoms with E-state index < -0.39 is 41.4 Å². The van der Waals surface area contributed by atoms with Crippen molar-refractivity contribution in [2.45, 2.75) is 24.8 Å². The Balaban J connectivity index is 1.45. The molecule has 0 aliphatic heterocycles. The van der Waals surface area contributed by atoms with E-state index in [4.69, 9.17) is 9.47 Å². The number of amides is 1. The largest absolute Gasteiger partial charge is 0.469 e. The third-order valence-electron chi connectivity index (χ3n) is 6.30. The maximum Gasteiger partial charge on any atom is 0.416 e. The second kappa shape index (κ2) is 12.4. The third kappa shape index (κ3) is 7.68. The SMILES string of the molecule is COC(=O)CC(NC(=O)c1ccc(Oc2ccc(C(F)(F)F)cc2)cc1)c1ccc(-c2ccc(C(F)(F)F)cc2)cc1. The van der Waals surface area contributed by atoms with E-state index in [1.165, 1.54) is 55.6 Å². The van der Waals surface area contributed by atoms with Crippen molar-refractivity contribution in [2.24, 2.45) is 0 Å². The predicted molar refractivity (Wildman–Crippen MR) is 142 cm³/mol. The average Bonchev–Trinajstić information content (AvgIpc) is 2.96. The van der Waals surface area contributed by atoms with E-state index >= 15 is 0 Å². The number of hydrogen-bond donors (Lipinski definition) is 1. The minimum atomic E-state index is -4.46. The Morgan fingerprint density at radius 3 is 1.55 bits per heavy atom. The molecule has 0 radical (unpaired) electrons. The topological polar surface area (TPSA) is 64.6 Å². The maximum atomic E-state index is 13.0. The van der Waals surface area contributed by atoms with Crippen LogP contribution in [0.1, 0.15) is 39.5 Å². The molecule has 0 spiro atoms. The molecule has 1 atom stereocenters. The van der Waals surface area contributed by atoms with Crippen LogP contribution < -0.4 is 10.1 Å². The zero-order valence-electron chi connectivity index (χ0n) is 21.9. The van der Waals surface area contributed by atoms with Gasteiger partial charge in [0, 0.05) is 5.56 Å². The summed E-state index contributed by atoms with van der Waals surface area (Å²) in [4.78, 5) is 25.1. The van der Waals surface area contributed by atoms with Crippen LogP contribution in [-0.2, 0) is 21.9 Å². The summed E-state index contributed by atoms with van der Waals surface area (Å²) in [5, 5.41) is 2.78. The van der Waals surface area contributed by atoms with Gasteiger partial charge >= 0.3 is 18.3 Å². The molecule has 0 heterocycles. The molecule has 42 heavy (non-hydrogen) atoms. The summed E-state index contributed by atoms with van der Waals surface area (Å²) in [5.74, 6) is -0.626. The molecule has 218 valence electrons. The van der Waals surface area contributed by atoms with Crippen molar-refractivity contribution in [1.82, 2.24) is 5.32 Å². The van der Waals surface area contributed by atoms with E-state index in [2.05, 4.69) is 5.32 Å². The lowest BCUT2D eigenvalue weighted by Gasteiger charge is -2.19. The molecule has 0 aromatic heterocycles. The summed E-state index contributed by atoms with van der Waals surface area (Å²) in [7, 11) is 1.21. The normalized spacial score (nSPS) is 12.4. The average molecular weight is 588 g/mol. The van der Waals surface area contributed by atoms with Crippen molar-refractivity contribution in [2.75, 3.05) is 7.11 Å². The first-order valence-corrected chi connectivity index (χ1v) is 12.4. The van der Waals surface area contributed by atoms with Gasteiger partial charge in [0.25, 0.3) is 5.91 Å². The minimum Gasteiger partial charge on any atom is -0.469 e. The summed E-state index contributed by atoms with van der Waals surface area (Å²) < 4.78 is 87.2. The second-order valence-electron chi connectivity index (χ2n) is 9.15. The molecule has 0 saturated carbocycles. The van der Waals surface area contributed by atoms with Crippen LogP contribution >= 0.6 is 0 Å². The molecule has 4 rings (SSSR count). The third-order valence-corrected chi connectivity index (χ3v) is 6.30. The number of ether oxygens (including phenoxy) is 2. The fourth-order valence-electron chi connectivity index (χ4n) is 4.03. The number of rotatable bonds is 8. The lowest BCUT2D eigenvalue weighted by Crippen LogP contribution is -2.30. The number of esters is 1. The zero-order valence-corrected chi connectivity index (χ0v) is 21.9. The summed E-state index contributed by atoms with van der Waals surface area (Å²) in [6.07, 6.45) is -9.09. The molecule has 0 aliphatic carbocycles. The second-order valence-corrected chi connectivity index (χ2v) is 9.15. The zero-order chi connectivity index (χ0) is 30.5. The van der Waals surface area contributed by atoms with E-state index in [9.17, 15) is 35.9 Å². The van der Waals surface area contributed by atoms with E-state index in [1.807, 2.05) is 0 Å². The summed E-state index contributed by atoms with van der Waals surface area (Å²) >= 11 is 0. The number of benzene rings is 4. The first-order valence-electron chi connectivity index (χ1n) is 12.4. The van der Waals surface area contributed by atoms with Crippen LogP contribution in [-0.4, -0.2) is 19.0 Å². The minimum absolute atomic E-state index is 0.179. The quantitative estimate of drug-likeness (QED) is 0.167. The number of carbonyl (C=O) groups is 2. The number of methoxy groups -OCH3 is 1. The first-order chi connectivity index (χ1) is 19.8. The van der Waals surface area contributed by atoms with Crippen LogP contribution in [0.15, 0.2) is 97.1 Å². The van der Waals surface area contributed by atoms with Crippen LogP contribution in [0.2, 0.25) is 0 Å². The van der Waals surface area contributed by atoms with Gasteiger partial charge in [-0.05, 0) is 77.4 Å². The Morgan fingerprint density at radius 1 is 0.667 bits per heavy atom. The first kappa shape index (κ1) is 30.2. The highest BCUT2D eigenvalue weighted by molar-refractivity contribution is 5.94. The van der Waals surface area contributed by atoms with Gasteiger partial charge in [-0.2, -0.15) is 26.3 Å². The van der Waals surface area contributed by atoms with Gasteiger partial charge in [-0.25, -0.2) is 0 Å². The highest BCUT2D eigenvalue weighted by atomic mass is 19.4. The molecule has 4 aromatic rings. The van der Waals surface area contributed by atoms with E-state index in [0.29, 0.717) is 16.7 Å². The van der Waals surface area contributed by atoms with Crippen LogP contribution in [0.3, 0.4) is 0 Å². The van der Waals surface area contributed by atoms with E-state index in [0.717, 1.165) is 24.3 Å². The Kier molecular flexibility index (Phi) is 8.89. The molecule has 0 fully saturated rings. The van der Waals surface area contributed by atoms with Crippen LogP contribution in [0.4, 0.5) is 26.3 Å². The monoisotopic (exact) mass is 587 g/mol. The van der Waals surface area contributed by atoms with Crippen molar-refractivity contribution in [1.29, 1.82) is 0 Å². The van der Waals surface area contributed by atoms with Gasteiger partial charge in [0.2, 0.25) is 0 Å².